The van der Waals surface area contributed by atoms with Gasteiger partial charge in [-0.15, -0.1) is 0 Å². The predicted molar refractivity (Wildman–Crippen MR) is 78.0 cm³/mol. The van der Waals surface area contributed by atoms with Crippen LogP contribution in [0, 0.1) is 10.1 Å². The largest absolute Gasteiger partial charge is 0.342 e. The SMILES string of the molecule is O=C(Cc1n[nH]c(=O)[nH]c1=O)N/N=C/c1ccc([N+](=O)[O-])cc1. The van der Waals surface area contributed by atoms with E-state index in [-0.39, 0.29) is 17.8 Å². The zero-order valence-corrected chi connectivity index (χ0v) is 11.5. The van der Waals surface area contributed by atoms with Gasteiger partial charge in [-0.25, -0.2) is 15.3 Å². The minimum atomic E-state index is -0.768. The number of aromatic amines is 2. The summed E-state index contributed by atoms with van der Waals surface area (Å²) in [6.45, 7) is 0. The van der Waals surface area contributed by atoms with Crippen molar-refractivity contribution in [1.82, 2.24) is 20.6 Å². The molecule has 0 bridgehead atoms. The van der Waals surface area contributed by atoms with Gasteiger partial charge in [0.15, 0.2) is 0 Å². The van der Waals surface area contributed by atoms with Crippen molar-refractivity contribution in [3.8, 4) is 0 Å². The lowest BCUT2D eigenvalue weighted by Crippen LogP contribution is -2.31. The maximum atomic E-state index is 11.6. The molecule has 1 heterocycles. The van der Waals surface area contributed by atoms with Gasteiger partial charge in [0.2, 0.25) is 5.91 Å². The van der Waals surface area contributed by atoms with Gasteiger partial charge in [-0.3, -0.25) is 24.7 Å². The Labute approximate surface area is 127 Å². The van der Waals surface area contributed by atoms with Crippen molar-refractivity contribution in [2.75, 3.05) is 0 Å². The molecular weight excluding hydrogens is 308 g/mol. The number of nitrogens with zero attached hydrogens (tertiary/aromatic N) is 3. The lowest BCUT2D eigenvalue weighted by Gasteiger charge is -1.98. The summed E-state index contributed by atoms with van der Waals surface area (Å²) >= 11 is 0. The average molecular weight is 318 g/mol. The zero-order chi connectivity index (χ0) is 16.8. The normalized spacial score (nSPS) is 10.6. The molecule has 0 fully saturated rings. The van der Waals surface area contributed by atoms with Gasteiger partial charge in [-0.05, 0) is 17.7 Å². The van der Waals surface area contributed by atoms with E-state index < -0.39 is 22.1 Å². The Balaban J connectivity index is 1.94. The number of non-ortho nitro benzene ring substituents is 1. The Morgan fingerprint density at radius 3 is 2.65 bits per heavy atom. The van der Waals surface area contributed by atoms with Gasteiger partial charge >= 0.3 is 5.69 Å². The lowest BCUT2D eigenvalue weighted by molar-refractivity contribution is -0.384. The van der Waals surface area contributed by atoms with E-state index in [1.807, 2.05) is 10.1 Å². The van der Waals surface area contributed by atoms with Crippen LogP contribution >= 0.6 is 0 Å². The molecular formula is C12H10N6O5. The third kappa shape index (κ3) is 4.42. The first-order valence-corrected chi connectivity index (χ1v) is 6.20. The lowest BCUT2D eigenvalue weighted by atomic mass is 10.2. The third-order valence-corrected chi connectivity index (χ3v) is 2.62. The molecule has 2 aromatic rings. The molecule has 118 valence electrons. The highest BCUT2D eigenvalue weighted by atomic mass is 16.6. The molecule has 0 aliphatic carbocycles. The summed E-state index contributed by atoms with van der Waals surface area (Å²) in [6.07, 6.45) is 0.913. The Hall–Kier alpha value is -3.63. The van der Waals surface area contributed by atoms with E-state index in [2.05, 4.69) is 15.6 Å². The third-order valence-electron chi connectivity index (χ3n) is 2.62. The second-order valence-corrected chi connectivity index (χ2v) is 4.27. The number of aromatic nitrogens is 3. The van der Waals surface area contributed by atoms with Gasteiger partial charge < -0.3 is 0 Å². The summed E-state index contributed by atoms with van der Waals surface area (Å²) in [4.78, 5) is 45.6. The number of nitro groups is 1. The van der Waals surface area contributed by atoms with Gasteiger partial charge in [-0.2, -0.15) is 10.2 Å². The number of H-pyrrole nitrogens is 2. The average Bonchev–Trinajstić information content (AvgIpc) is 2.50. The highest BCUT2D eigenvalue weighted by molar-refractivity contribution is 5.83. The fourth-order valence-electron chi connectivity index (χ4n) is 1.54. The summed E-state index contributed by atoms with van der Waals surface area (Å²) < 4.78 is 0. The first kappa shape index (κ1) is 15.8. The number of hydrogen-bond donors (Lipinski definition) is 3. The number of rotatable bonds is 5. The Morgan fingerprint density at radius 2 is 2.04 bits per heavy atom. The Morgan fingerprint density at radius 1 is 1.35 bits per heavy atom. The quantitative estimate of drug-likeness (QED) is 0.366. The molecule has 23 heavy (non-hydrogen) atoms. The molecule has 11 nitrogen and oxygen atoms in total. The van der Waals surface area contributed by atoms with E-state index in [0.29, 0.717) is 5.56 Å². The van der Waals surface area contributed by atoms with Crippen LogP contribution in [0.15, 0.2) is 39.0 Å². The number of amides is 1. The summed E-state index contributed by atoms with van der Waals surface area (Å²) in [5.74, 6) is -0.617. The molecule has 3 N–H and O–H groups in total. The maximum absolute atomic E-state index is 11.6. The molecule has 2 rings (SSSR count). The van der Waals surface area contributed by atoms with Crippen molar-refractivity contribution >= 4 is 17.8 Å². The first-order valence-electron chi connectivity index (χ1n) is 6.20. The van der Waals surface area contributed by atoms with E-state index in [4.69, 9.17) is 0 Å². The first-order chi connectivity index (χ1) is 11.0. The van der Waals surface area contributed by atoms with E-state index in [1.165, 1.54) is 30.5 Å². The van der Waals surface area contributed by atoms with Crippen LogP contribution in [-0.4, -0.2) is 32.2 Å². The van der Waals surface area contributed by atoms with Crippen molar-refractivity contribution in [1.29, 1.82) is 0 Å². The minimum Gasteiger partial charge on any atom is -0.273 e. The molecule has 1 aromatic heterocycles. The summed E-state index contributed by atoms with van der Waals surface area (Å²) in [5, 5.41) is 19.6. The second kappa shape index (κ2) is 6.89. The topological polar surface area (TPSA) is 163 Å². The number of benzene rings is 1. The Bertz CT molecular complexity index is 867. The van der Waals surface area contributed by atoms with Gasteiger partial charge in [0, 0.05) is 12.1 Å². The monoisotopic (exact) mass is 318 g/mol. The molecule has 1 aromatic carbocycles. The van der Waals surface area contributed by atoms with E-state index >= 15 is 0 Å². The summed E-state index contributed by atoms with van der Waals surface area (Å²) in [5.41, 5.74) is 0.959. The molecule has 0 saturated heterocycles. The molecule has 0 aliphatic rings. The van der Waals surface area contributed by atoms with Crippen molar-refractivity contribution < 1.29 is 9.72 Å². The van der Waals surface area contributed by atoms with Crippen LogP contribution < -0.4 is 16.7 Å². The van der Waals surface area contributed by atoms with Gasteiger partial charge in [0.1, 0.15) is 5.69 Å². The molecule has 0 spiro atoms. The van der Waals surface area contributed by atoms with Crippen molar-refractivity contribution in [2.24, 2.45) is 5.10 Å². The molecule has 0 radical (unpaired) electrons. The maximum Gasteiger partial charge on any atom is 0.342 e. The fourth-order valence-corrected chi connectivity index (χ4v) is 1.54. The number of carbonyl (C=O) groups is 1. The van der Waals surface area contributed by atoms with Crippen LogP contribution in [0.2, 0.25) is 0 Å². The van der Waals surface area contributed by atoms with Gasteiger partial charge in [0.25, 0.3) is 11.2 Å². The van der Waals surface area contributed by atoms with Crippen LogP contribution in [0.4, 0.5) is 5.69 Å². The molecule has 11 heteroatoms. The van der Waals surface area contributed by atoms with Gasteiger partial charge in [-0.1, -0.05) is 0 Å². The standard InChI is InChI=1S/C12H10N6O5/c19-10(5-9-11(20)14-12(21)17-15-9)16-13-6-7-1-3-8(4-2-7)18(22)23/h1-4,6H,5H2,(H,16,19)(H2,14,17,20,21)/b13-6+. The van der Waals surface area contributed by atoms with Crippen LogP contribution in [0.1, 0.15) is 11.3 Å². The summed E-state index contributed by atoms with van der Waals surface area (Å²) in [6, 6.07) is 5.52. The second-order valence-electron chi connectivity index (χ2n) is 4.27. The van der Waals surface area contributed by atoms with E-state index in [9.17, 15) is 24.5 Å². The van der Waals surface area contributed by atoms with Crippen molar-refractivity contribution in [3.05, 3.63) is 66.5 Å². The van der Waals surface area contributed by atoms with Crippen LogP contribution in [0.5, 0.6) is 0 Å². The van der Waals surface area contributed by atoms with Crippen LogP contribution in [0.3, 0.4) is 0 Å². The van der Waals surface area contributed by atoms with Crippen LogP contribution in [-0.2, 0) is 11.2 Å². The van der Waals surface area contributed by atoms with Crippen LogP contribution in [0.25, 0.3) is 0 Å². The predicted octanol–water partition coefficient (Wildman–Crippen LogP) is -0.941. The fraction of sp³-hybridized carbons (Fsp3) is 0.0833. The molecule has 0 unspecified atom stereocenters. The summed E-state index contributed by atoms with van der Waals surface area (Å²) in [7, 11) is 0. The number of hydrogen-bond acceptors (Lipinski definition) is 7. The van der Waals surface area contributed by atoms with Crippen molar-refractivity contribution in [2.45, 2.75) is 6.42 Å². The number of hydrazone groups is 1. The minimum absolute atomic E-state index is 0.0606. The smallest absolute Gasteiger partial charge is 0.273 e. The molecule has 0 atom stereocenters. The van der Waals surface area contributed by atoms with E-state index in [1.54, 1.807) is 0 Å². The van der Waals surface area contributed by atoms with E-state index in [0.717, 1.165) is 0 Å². The van der Waals surface area contributed by atoms with Crippen molar-refractivity contribution in [3.63, 3.8) is 0 Å². The molecule has 0 aliphatic heterocycles. The van der Waals surface area contributed by atoms with Gasteiger partial charge in [0.05, 0.1) is 17.6 Å². The Kier molecular flexibility index (Phi) is 4.72. The highest BCUT2D eigenvalue weighted by Gasteiger charge is 2.08. The molecule has 1 amide bonds. The number of nitrogens with one attached hydrogen (secondary N) is 3. The number of carbonyl (C=O) groups excluding carboxylic acids is 1. The highest BCUT2D eigenvalue weighted by Crippen LogP contribution is 2.10. The molecule has 0 saturated carbocycles. The number of nitro benzene ring substituents is 1. The zero-order valence-electron chi connectivity index (χ0n) is 11.5.